The van der Waals surface area contributed by atoms with E-state index in [0.29, 0.717) is 44.9 Å². The van der Waals surface area contributed by atoms with E-state index in [2.05, 4.69) is 155 Å². The van der Waals surface area contributed by atoms with Gasteiger partial charge in [0.1, 0.15) is 37.4 Å². The lowest BCUT2D eigenvalue weighted by molar-refractivity contribution is 0.0982. The minimum atomic E-state index is -4.02. The van der Waals surface area contributed by atoms with E-state index < -0.39 is 24.4 Å². The highest BCUT2D eigenvalue weighted by Gasteiger charge is 2.31. The fraction of sp³-hybridized carbons (Fsp3) is 0.422. The first-order chi connectivity index (χ1) is 54.8. The number of piperidine rings is 2. The first-order valence-corrected chi connectivity index (χ1v) is 47.2. The van der Waals surface area contributed by atoms with Gasteiger partial charge < -0.3 is 65.0 Å². The minimum absolute atomic E-state index is 0.0666. The van der Waals surface area contributed by atoms with Crippen molar-refractivity contribution in [1.82, 2.24) is 59.1 Å². The molecule has 32 heteroatoms. The summed E-state index contributed by atoms with van der Waals surface area (Å²) < 4.78 is 72.0. The van der Waals surface area contributed by atoms with Crippen LogP contribution in [0, 0.1) is 6.92 Å². The van der Waals surface area contributed by atoms with Crippen molar-refractivity contribution in [2.24, 2.45) is 14.1 Å². The van der Waals surface area contributed by atoms with Crippen LogP contribution in [0.1, 0.15) is 62.1 Å². The fourth-order valence-corrected chi connectivity index (χ4v) is 17.6. The third-order valence-electron chi connectivity index (χ3n) is 20.6. The van der Waals surface area contributed by atoms with Crippen molar-refractivity contribution in [3.63, 3.8) is 0 Å². The van der Waals surface area contributed by atoms with Gasteiger partial charge in [-0.05, 0) is 207 Å². The Labute approximate surface area is 701 Å². The lowest BCUT2D eigenvalue weighted by atomic mass is 9.99. The van der Waals surface area contributed by atoms with Crippen LogP contribution >= 0.6 is 57.7 Å². The molecule has 0 spiro atoms. The maximum Gasteiger partial charge on any atom is 0.294 e. The molecule has 26 nitrogen and oxygen atoms in total. The van der Waals surface area contributed by atoms with Gasteiger partial charge in [-0.1, -0.05) is 55.3 Å². The molecule has 0 atom stereocenters. The SMILES string of the molecule is C=CCc1cc(N)c(OC)cc1N1CCC(N2CCN(C)CC2)CC1.C=CCc1cc(Nc2ncc(Br)c(Nc3ccc(-c4cnn(C)c4)cc3P(C)(C)=O)n2)c(OC)cc1N1CCC(N2CCN(C)CC2)CC1.CCCCO.Cc1ccc(S(=O)(=O)O)cc1.Cn1cc(-c2ccc(Nc3nc(Cl)ncc3Br)c(P(C)(C)=O)c2)cn1. The number of hydrogen-bond donors (Lipinski definition) is 6. The third kappa shape index (κ3) is 26.0. The second-order valence-electron chi connectivity index (χ2n) is 29.9. The zero-order valence-electron chi connectivity index (χ0n) is 68.2. The molecule has 4 fully saturated rings. The smallest absolute Gasteiger partial charge is 0.294 e. The van der Waals surface area contributed by atoms with Crippen LogP contribution in [0.5, 0.6) is 11.5 Å². The summed E-state index contributed by atoms with van der Waals surface area (Å²) in [6.07, 6.45) is 23.0. The van der Waals surface area contributed by atoms with E-state index >= 15 is 0 Å². The molecule has 0 unspecified atom stereocenters. The Bertz CT molecular complexity index is 4940. The van der Waals surface area contributed by atoms with E-state index in [4.69, 9.17) is 41.5 Å². The Morgan fingerprint density at radius 2 is 1.03 bits per heavy atom. The molecule has 8 heterocycles. The molecule has 0 bridgehead atoms. The van der Waals surface area contributed by atoms with Crippen LogP contribution in [0.2, 0.25) is 5.28 Å². The monoisotopic (exact) mass is 1780 g/mol. The zero-order chi connectivity index (χ0) is 83.3. The second kappa shape index (κ2) is 42.4. The van der Waals surface area contributed by atoms with Crippen molar-refractivity contribution in [3.05, 3.63) is 178 Å². The highest BCUT2D eigenvalue weighted by atomic mass is 79.9. The van der Waals surface area contributed by atoms with Gasteiger partial charge in [-0.2, -0.15) is 28.6 Å². The van der Waals surface area contributed by atoms with Gasteiger partial charge in [0, 0.05) is 181 Å². The fourth-order valence-electron chi connectivity index (χ4n) is 14.1. The average molecular weight is 1780 g/mol. The molecule has 4 aliphatic heterocycles. The summed E-state index contributed by atoms with van der Waals surface area (Å²) in [7, 11) is 2.32. The number of halogens is 3. The van der Waals surface area contributed by atoms with Crippen LogP contribution in [0.3, 0.4) is 0 Å². The number of nitrogens with two attached hydrogens (primary N) is 1. The standard InChI is InChI=1S/C36H47BrN9O2P.C20H32N4O.C16H16BrClN5OP.C7H8O3S.C4H10O/c1-7-8-26-19-31(33(48-4)21-32(26)46-13-11-28(12-14-46)45-17-15-43(2)16-18-45)41-36-38-23-29(37)35(42-36)40-30-10-9-25(20-34(30)49(5,6)47)27-22-39-44(3)24-27;1-4-5-16-14-18(21)20(25-3)15-19(16)24-8-6-17(7-9-24)23-12-10-22(2)11-13-23;1-23-9-11(7-20-23)10-4-5-13(14(6-10)25(2,3)24)21-15-12(17)8-19-16(18)22-15;1-6-2-4-7(5-3-6)11(8,9)10;1-2-3-4-5/h7,9-10,19-24,28H,1,8,11-18H2,2-6H3,(H2,38,40,41,42);4,14-15,17H,1,5-13,21H2,2-3H3;4-9H,1-3H3,(H,19,21,22);2-5H,1H3,(H,8,9,10);5H,2-4H2,1H3. The molecule has 4 aliphatic rings. The van der Waals surface area contributed by atoms with Gasteiger partial charge in [-0.3, -0.25) is 23.7 Å². The number of aliphatic hydroxyl groups excluding tert-OH is 1. The Balaban J connectivity index is 0.000000192. The molecule has 4 aromatic heterocycles. The van der Waals surface area contributed by atoms with Crippen molar-refractivity contribution in [2.45, 2.75) is 82.2 Å². The Morgan fingerprint density at radius 1 is 0.591 bits per heavy atom. The van der Waals surface area contributed by atoms with Crippen LogP contribution in [-0.4, -0.2) is 229 Å². The van der Waals surface area contributed by atoms with E-state index in [9.17, 15) is 17.5 Å². The molecule has 0 radical (unpaired) electrons. The van der Waals surface area contributed by atoms with Crippen molar-refractivity contribution in [2.75, 3.05) is 172 Å². The number of rotatable bonds is 23. The molecule has 9 aromatic rings. The van der Waals surface area contributed by atoms with Crippen molar-refractivity contribution in [1.29, 1.82) is 0 Å². The molecule has 5 aromatic carbocycles. The maximum absolute atomic E-state index is 13.5. The highest BCUT2D eigenvalue weighted by molar-refractivity contribution is 9.11. The maximum atomic E-state index is 13.5. The molecular formula is C83H113Br2ClN18O8P2S. The summed E-state index contributed by atoms with van der Waals surface area (Å²) in [5.41, 5.74) is 18.7. The van der Waals surface area contributed by atoms with Gasteiger partial charge in [0.25, 0.3) is 10.1 Å². The first kappa shape index (κ1) is 90.9. The number of allylic oxidation sites excluding steroid dienone is 2. The molecule has 7 N–H and O–H groups in total. The lowest BCUT2D eigenvalue weighted by Crippen LogP contribution is -2.52. The quantitative estimate of drug-likeness (QED) is 0.0114. The summed E-state index contributed by atoms with van der Waals surface area (Å²) in [6.45, 7) is 32.8. The van der Waals surface area contributed by atoms with E-state index in [1.54, 1.807) is 87.2 Å². The number of aliphatic hydroxyl groups is 1. The number of aromatic nitrogens is 8. The molecule has 115 heavy (non-hydrogen) atoms. The number of anilines is 9. The number of methoxy groups -OCH3 is 2. The molecule has 4 saturated heterocycles. The number of likely N-dealkylation sites (N-methyl/N-ethyl adjacent to an activating group) is 2. The predicted octanol–water partition coefficient (Wildman–Crippen LogP) is 14.9. The summed E-state index contributed by atoms with van der Waals surface area (Å²) in [4.78, 5) is 32.6. The van der Waals surface area contributed by atoms with Gasteiger partial charge in [-0.15, -0.1) is 13.2 Å². The summed E-state index contributed by atoms with van der Waals surface area (Å²) in [6, 6.07) is 27.4. The Kier molecular flexibility index (Phi) is 33.5. The van der Waals surface area contributed by atoms with Crippen molar-refractivity contribution >= 4 is 130 Å². The zero-order valence-corrected chi connectivity index (χ0v) is 74.8. The van der Waals surface area contributed by atoms with Gasteiger partial charge in [0.05, 0.1) is 63.2 Å². The number of nitrogens with zero attached hydrogens (tertiary/aromatic N) is 14. The number of aryl methyl sites for hydroxylation is 3. The number of benzene rings is 5. The molecule has 0 saturated carbocycles. The minimum Gasteiger partial charge on any atom is -0.495 e. The predicted molar refractivity (Wildman–Crippen MR) is 480 cm³/mol. The van der Waals surface area contributed by atoms with E-state index in [1.165, 1.54) is 73.7 Å². The summed E-state index contributed by atoms with van der Waals surface area (Å²) in [5, 5.41) is 28.2. The largest absolute Gasteiger partial charge is 0.495 e. The second-order valence-corrected chi connectivity index (χ2v) is 39.8. The number of ether oxygens (including phenoxy) is 2. The molecular weight excluding hydrogens is 1670 g/mol. The summed E-state index contributed by atoms with van der Waals surface area (Å²) >= 11 is 12.9. The Morgan fingerprint density at radius 3 is 1.43 bits per heavy atom. The third-order valence-corrected chi connectivity index (χ3v) is 25.8. The number of nitrogen functional groups attached to an aromatic ring is 1. The number of unbranched alkanes of at least 4 members (excludes halogenated alkanes) is 1. The van der Waals surface area contributed by atoms with Gasteiger partial charge >= 0.3 is 0 Å². The average Bonchev–Trinajstić information content (AvgIpc) is 1.72. The topological polar surface area (TPSA) is 296 Å². The number of nitrogens with one attached hydrogen (secondary N) is 3. The number of piperazine rings is 2. The van der Waals surface area contributed by atoms with Gasteiger partial charge in [-0.25, -0.2) is 9.97 Å². The first-order valence-electron chi connectivity index (χ1n) is 38.6. The van der Waals surface area contributed by atoms with Gasteiger partial charge in [0.15, 0.2) is 0 Å². The lowest BCUT2D eigenvalue weighted by Gasteiger charge is -2.43. The summed E-state index contributed by atoms with van der Waals surface area (Å²) in [5.74, 6) is 2.95. The van der Waals surface area contributed by atoms with Crippen LogP contribution < -0.4 is 51.6 Å². The Hall–Kier alpha value is -8.02. The molecule has 0 aliphatic carbocycles. The van der Waals surface area contributed by atoms with Crippen molar-refractivity contribution in [3.8, 4) is 33.8 Å². The highest BCUT2D eigenvalue weighted by Crippen LogP contribution is 2.44. The van der Waals surface area contributed by atoms with E-state index in [1.807, 2.05) is 88.0 Å². The van der Waals surface area contributed by atoms with E-state index in [0.717, 1.165) is 164 Å². The van der Waals surface area contributed by atoms with Crippen LogP contribution in [-0.2, 0) is 46.2 Å². The molecule has 620 valence electrons. The number of hydrogen-bond acceptors (Lipinski definition) is 23. The van der Waals surface area contributed by atoms with Crippen LogP contribution in [0.4, 0.5) is 51.7 Å². The van der Waals surface area contributed by atoms with Crippen LogP contribution in [0.15, 0.2) is 161 Å². The normalized spacial score (nSPS) is 15.5. The van der Waals surface area contributed by atoms with Gasteiger partial charge in [0.2, 0.25) is 11.2 Å². The molecule has 13 rings (SSSR count). The van der Waals surface area contributed by atoms with Crippen LogP contribution in [0.25, 0.3) is 22.3 Å². The molecule has 0 amide bonds. The van der Waals surface area contributed by atoms with Crippen molar-refractivity contribution < 1.29 is 36.7 Å². The van der Waals surface area contributed by atoms with E-state index in [-0.39, 0.29) is 10.2 Å².